The number of nitrogens with one attached hydrogen (secondary N) is 3. The van der Waals surface area contributed by atoms with Crippen LogP contribution in [-0.2, 0) is 6.42 Å². The van der Waals surface area contributed by atoms with Gasteiger partial charge in [-0.25, -0.2) is 13.8 Å². The Balaban J connectivity index is 0.812. The third kappa shape index (κ3) is 9.85. The van der Waals surface area contributed by atoms with Gasteiger partial charge in [0.05, 0.1) is 16.3 Å². The number of rotatable bonds is 14. The van der Waals surface area contributed by atoms with Gasteiger partial charge in [-0.1, -0.05) is 59.1 Å². The molecule has 9 rings (SSSR count). The third-order valence-corrected chi connectivity index (χ3v) is 16.5. The van der Waals surface area contributed by atoms with E-state index in [1.165, 1.54) is 43.4 Å². The van der Waals surface area contributed by atoms with Gasteiger partial charge in [-0.15, -0.1) is 0 Å². The number of piperidine rings is 2. The highest BCUT2D eigenvalue weighted by atomic mass is 32.2. The molecule has 0 amide bonds. The number of likely N-dealkylation sites (tertiary alicyclic amines) is 1. The number of likely N-dealkylation sites (N-methyl/N-ethyl adjacent to an activating group) is 1. The lowest BCUT2D eigenvalue weighted by molar-refractivity contribution is -0.0468. The Labute approximate surface area is 409 Å². The van der Waals surface area contributed by atoms with Crippen LogP contribution in [0.2, 0.25) is 0 Å². The topological polar surface area (TPSA) is 74.8 Å². The smallest absolute Gasteiger partial charge is 0.229 e. The molecule has 3 N–H and O–H groups in total. The van der Waals surface area contributed by atoms with Crippen molar-refractivity contribution >= 4 is 59.8 Å². The summed E-state index contributed by atoms with van der Waals surface area (Å²) in [5, 5.41) is 10.7. The summed E-state index contributed by atoms with van der Waals surface area (Å²) < 4.78 is 30.6. The van der Waals surface area contributed by atoms with Crippen LogP contribution in [0.15, 0.2) is 79.9 Å². The van der Waals surface area contributed by atoms with Gasteiger partial charge in [-0.3, -0.25) is 0 Å². The molecule has 1 spiro atoms. The number of nitrogens with zero attached hydrogens (tertiary/aromatic N) is 6. The molecule has 1 aromatic heterocycles. The monoisotopic (exact) mass is 950 g/mol. The molecular formula is C54H73F2N9S2. The third-order valence-electron chi connectivity index (χ3n) is 16.2. The van der Waals surface area contributed by atoms with E-state index in [0.717, 1.165) is 124 Å². The molecular weight excluding hydrogens is 877 g/mol. The van der Waals surface area contributed by atoms with Crippen molar-refractivity contribution in [2.45, 2.75) is 138 Å². The van der Waals surface area contributed by atoms with Gasteiger partial charge in [0.25, 0.3) is 0 Å². The lowest BCUT2D eigenvalue weighted by Gasteiger charge is -2.61. The van der Waals surface area contributed by atoms with E-state index in [1.54, 1.807) is 0 Å². The Bertz CT molecular complexity index is 2370. The van der Waals surface area contributed by atoms with Crippen molar-refractivity contribution in [3.63, 3.8) is 0 Å². The standard InChI is InChI=1S/C54H73F2N9S2/c1-9-39-25-40(16-18-46(39)59-51-57-28-48-50(60-51)65(41-13-11-12-14-41)47(10-2)37(6)62(48)8)35(4)61-54(31-52(7,66)67)32-53(33-54)20-23-63(24-21-53)29-38-19-22-64(30-38)42-26-44(55)49(45(56)27-42)43-17-15-34(3)58-36(43)5/h16,18,25-28,38,41,43,47,58,61,66-67H,3-6,9-15,17,19-24,29-33H2,1-2,7-8H3,(H,57,59,60)/t38-,43?,47?/m1/s1. The van der Waals surface area contributed by atoms with Crippen molar-refractivity contribution in [1.82, 2.24) is 25.5 Å². The number of thiol groups is 2. The maximum absolute atomic E-state index is 15.5. The molecule has 6 aliphatic rings. The summed E-state index contributed by atoms with van der Waals surface area (Å²) >= 11 is 9.86. The lowest BCUT2D eigenvalue weighted by atomic mass is 9.52. The number of halogens is 2. The van der Waals surface area contributed by atoms with Crippen LogP contribution in [0.3, 0.4) is 0 Å². The second-order valence-electron chi connectivity index (χ2n) is 21.3. The summed E-state index contributed by atoms with van der Waals surface area (Å²) in [6.45, 7) is 28.3. The molecule has 3 aromatic rings. The molecule has 67 heavy (non-hydrogen) atoms. The van der Waals surface area contributed by atoms with Crippen LogP contribution in [0.4, 0.5) is 37.6 Å². The van der Waals surface area contributed by atoms with Gasteiger partial charge in [0.1, 0.15) is 17.3 Å². The van der Waals surface area contributed by atoms with Crippen LogP contribution in [-0.4, -0.2) is 76.3 Å². The first kappa shape index (κ1) is 47.8. The van der Waals surface area contributed by atoms with Crippen LogP contribution in [0.25, 0.3) is 5.70 Å². The highest BCUT2D eigenvalue weighted by Gasteiger charge is 2.56. The molecule has 3 saturated heterocycles. The molecule has 2 aromatic carbocycles. The maximum Gasteiger partial charge on any atom is 0.229 e. The molecule has 2 aliphatic carbocycles. The van der Waals surface area contributed by atoms with E-state index in [-0.39, 0.29) is 22.6 Å². The highest BCUT2D eigenvalue weighted by Crippen LogP contribution is 2.58. The van der Waals surface area contributed by atoms with Crippen molar-refractivity contribution in [2.24, 2.45) is 11.3 Å². The lowest BCUT2D eigenvalue weighted by Crippen LogP contribution is -2.63. The Morgan fingerprint density at radius 2 is 1.70 bits per heavy atom. The predicted octanol–water partition coefficient (Wildman–Crippen LogP) is 11.7. The molecule has 2 saturated carbocycles. The number of allylic oxidation sites excluding steroid dienone is 2. The molecule has 0 bridgehead atoms. The molecule has 0 radical (unpaired) electrons. The fourth-order valence-electron chi connectivity index (χ4n) is 13.0. The van der Waals surface area contributed by atoms with Crippen LogP contribution >= 0.6 is 25.3 Å². The second-order valence-corrected chi connectivity index (χ2v) is 23.6. The minimum atomic E-state index is -0.490. The van der Waals surface area contributed by atoms with Crippen molar-refractivity contribution in [3.05, 3.63) is 108 Å². The molecule has 5 fully saturated rings. The van der Waals surface area contributed by atoms with E-state index < -0.39 is 21.6 Å². The van der Waals surface area contributed by atoms with Crippen molar-refractivity contribution in [1.29, 1.82) is 0 Å². The van der Waals surface area contributed by atoms with Gasteiger partial charge in [0.2, 0.25) is 5.95 Å². The normalized spacial score (nSPS) is 24.2. The number of hydrogen-bond acceptors (Lipinski definition) is 11. The minimum absolute atomic E-state index is 0.112. The van der Waals surface area contributed by atoms with Crippen molar-refractivity contribution < 1.29 is 8.78 Å². The Hall–Kier alpha value is -4.20. The van der Waals surface area contributed by atoms with E-state index >= 15 is 8.78 Å². The fourth-order valence-corrected chi connectivity index (χ4v) is 13.6. The average molecular weight is 950 g/mol. The van der Waals surface area contributed by atoms with E-state index in [4.69, 9.17) is 35.2 Å². The summed E-state index contributed by atoms with van der Waals surface area (Å²) in [5.74, 6) is 0.684. The number of aromatic nitrogens is 2. The van der Waals surface area contributed by atoms with Gasteiger partial charge >= 0.3 is 0 Å². The quantitative estimate of drug-likeness (QED) is 0.0803. The van der Waals surface area contributed by atoms with Gasteiger partial charge in [-0.05, 0) is 144 Å². The summed E-state index contributed by atoms with van der Waals surface area (Å²) in [4.78, 5) is 19.5. The largest absolute Gasteiger partial charge is 0.379 e. The maximum atomic E-state index is 15.5. The number of fused-ring (bicyclic) bond motifs is 1. The summed E-state index contributed by atoms with van der Waals surface area (Å²) in [6, 6.07) is 10.3. The first-order valence-corrected chi connectivity index (χ1v) is 25.9. The van der Waals surface area contributed by atoms with Gasteiger partial charge < -0.3 is 35.6 Å². The van der Waals surface area contributed by atoms with E-state index in [0.29, 0.717) is 42.1 Å². The molecule has 4 aliphatic heterocycles. The number of anilines is 5. The van der Waals surface area contributed by atoms with E-state index in [1.807, 2.05) is 6.20 Å². The molecule has 3 atom stereocenters. The van der Waals surface area contributed by atoms with E-state index in [2.05, 4.69) is 108 Å². The van der Waals surface area contributed by atoms with Crippen molar-refractivity contribution in [2.75, 3.05) is 59.8 Å². The van der Waals surface area contributed by atoms with Gasteiger partial charge in [-0.2, -0.15) is 30.2 Å². The van der Waals surface area contributed by atoms with Crippen molar-refractivity contribution in [3.8, 4) is 0 Å². The first-order valence-electron chi connectivity index (χ1n) is 25.0. The number of aryl methyl sites for hydroxylation is 1. The molecule has 5 heterocycles. The van der Waals surface area contributed by atoms with Crippen LogP contribution in [0, 0.1) is 23.0 Å². The zero-order valence-corrected chi connectivity index (χ0v) is 42.2. The summed E-state index contributed by atoms with van der Waals surface area (Å²) in [5.41, 5.74) is 8.61. The Morgan fingerprint density at radius 1 is 0.985 bits per heavy atom. The summed E-state index contributed by atoms with van der Waals surface area (Å²) in [7, 11) is 2.08. The fraction of sp³-hybridized carbons (Fsp3) is 0.556. The molecule has 360 valence electrons. The Morgan fingerprint density at radius 3 is 2.36 bits per heavy atom. The molecule has 2 unspecified atom stereocenters. The molecule has 9 nitrogen and oxygen atoms in total. The average Bonchev–Trinajstić information content (AvgIpc) is 3.98. The zero-order chi connectivity index (χ0) is 47.4. The van der Waals surface area contributed by atoms with Gasteiger partial charge in [0, 0.05) is 83.9 Å². The highest BCUT2D eigenvalue weighted by molar-refractivity contribution is 8.00. The van der Waals surface area contributed by atoms with Crippen LogP contribution < -0.4 is 30.7 Å². The number of benzene rings is 2. The second kappa shape index (κ2) is 18.9. The van der Waals surface area contributed by atoms with Gasteiger partial charge in [0.15, 0.2) is 5.82 Å². The molecule has 13 heteroatoms. The van der Waals surface area contributed by atoms with E-state index in [9.17, 15) is 0 Å². The minimum Gasteiger partial charge on any atom is -0.379 e. The van der Waals surface area contributed by atoms with Crippen LogP contribution in [0.5, 0.6) is 0 Å². The zero-order valence-electron chi connectivity index (χ0n) is 40.4. The first-order chi connectivity index (χ1) is 32.0. The SMILES string of the molecule is C=C1CCC(c2c(F)cc(N3CC[C@H](CN4CCC5(CC4)CC(CC(C)(S)S)(NC(=C)c4ccc(Nc6ncc7c(n6)N(C6CCCC6)C(CC)C(=C)N7C)c(CC)c4)C5)C3)cc2F)C(=C)N1. The van der Waals surface area contributed by atoms with Crippen LogP contribution in [0.1, 0.15) is 127 Å². The number of hydrogen-bond donors (Lipinski definition) is 5. The summed E-state index contributed by atoms with van der Waals surface area (Å²) in [6.07, 6.45) is 16.2. The predicted molar refractivity (Wildman–Crippen MR) is 281 cm³/mol. The Kier molecular flexibility index (Phi) is 13.5.